The third kappa shape index (κ3) is 1.43. The zero-order chi connectivity index (χ0) is 10.1. The van der Waals surface area contributed by atoms with E-state index in [1.165, 1.54) is 6.07 Å². The molecule has 2 heteroatoms. The monoisotopic (exact) mass is 189 g/mol. The molecule has 71 valence electrons. The van der Waals surface area contributed by atoms with Crippen LogP contribution in [-0.4, -0.2) is 0 Å². The molecular formula is C12H10FO. The van der Waals surface area contributed by atoms with Crippen LogP contribution in [0.3, 0.4) is 0 Å². The normalized spacial score (nSPS) is 10.5. The van der Waals surface area contributed by atoms with Gasteiger partial charge >= 0.3 is 0 Å². The number of furan rings is 1. The van der Waals surface area contributed by atoms with Crippen molar-refractivity contribution in [2.24, 2.45) is 0 Å². The number of rotatable bonds is 1. The lowest BCUT2D eigenvalue weighted by molar-refractivity contribution is 0.504. The minimum atomic E-state index is -0.243. The molecule has 1 nitrogen and oxygen atoms in total. The maximum absolute atomic E-state index is 13.4. The van der Waals surface area contributed by atoms with Gasteiger partial charge in [0.05, 0.1) is 0 Å². The third-order valence-corrected chi connectivity index (χ3v) is 2.10. The Bertz CT molecular complexity index is 457. The summed E-state index contributed by atoms with van der Waals surface area (Å²) >= 11 is 0. The minimum Gasteiger partial charge on any atom is -0.465 e. The molecule has 1 aromatic heterocycles. The van der Waals surface area contributed by atoms with Crippen molar-refractivity contribution < 1.29 is 8.81 Å². The lowest BCUT2D eigenvalue weighted by Crippen LogP contribution is -1.82. The summed E-state index contributed by atoms with van der Waals surface area (Å²) in [5.74, 6) is 1.14. The average Bonchev–Trinajstić information content (AvgIpc) is 2.46. The van der Waals surface area contributed by atoms with Crippen molar-refractivity contribution in [3.05, 3.63) is 47.7 Å². The van der Waals surface area contributed by atoms with Gasteiger partial charge in [0.15, 0.2) is 0 Å². The number of hydrogen-bond acceptors (Lipinski definition) is 1. The topological polar surface area (TPSA) is 13.1 Å². The van der Waals surface area contributed by atoms with Crippen LogP contribution < -0.4 is 0 Å². The summed E-state index contributed by atoms with van der Waals surface area (Å²) < 4.78 is 18.7. The molecule has 0 aliphatic carbocycles. The maximum atomic E-state index is 13.4. The average molecular weight is 189 g/mol. The third-order valence-electron chi connectivity index (χ3n) is 2.10. The van der Waals surface area contributed by atoms with Crippen LogP contribution in [0.2, 0.25) is 0 Å². The second kappa shape index (κ2) is 3.29. The van der Waals surface area contributed by atoms with Crippen LogP contribution in [0.25, 0.3) is 11.1 Å². The first-order valence-electron chi connectivity index (χ1n) is 4.42. The molecule has 2 aromatic rings. The molecule has 1 aromatic carbocycles. The summed E-state index contributed by atoms with van der Waals surface area (Å²) in [6.07, 6.45) is 0. The largest absolute Gasteiger partial charge is 0.465 e. The highest BCUT2D eigenvalue weighted by atomic mass is 19.1. The van der Waals surface area contributed by atoms with Gasteiger partial charge in [0, 0.05) is 17.2 Å². The van der Waals surface area contributed by atoms with Crippen LogP contribution in [0.4, 0.5) is 4.39 Å². The first-order valence-corrected chi connectivity index (χ1v) is 4.42. The minimum absolute atomic E-state index is 0.243. The zero-order valence-corrected chi connectivity index (χ0v) is 8.10. The van der Waals surface area contributed by atoms with E-state index in [-0.39, 0.29) is 5.82 Å². The Labute approximate surface area is 82.2 Å². The molecule has 0 saturated carbocycles. The second-order valence-electron chi connectivity index (χ2n) is 3.19. The Morgan fingerprint density at radius 3 is 2.50 bits per heavy atom. The van der Waals surface area contributed by atoms with Gasteiger partial charge in [-0.1, -0.05) is 18.2 Å². The van der Waals surface area contributed by atoms with Gasteiger partial charge in [0.2, 0.25) is 0 Å². The predicted molar refractivity (Wildman–Crippen MR) is 52.4 cm³/mol. The molecule has 0 aliphatic rings. The predicted octanol–water partition coefficient (Wildman–Crippen LogP) is 3.50. The van der Waals surface area contributed by atoms with Gasteiger partial charge in [-0.3, -0.25) is 0 Å². The van der Waals surface area contributed by atoms with Crippen LogP contribution in [0.1, 0.15) is 11.5 Å². The Morgan fingerprint density at radius 1 is 1.21 bits per heavy atom. The van der Waals surface area contributed by atoms with Gasteiger partial charge in [0.1, 0.15) is 17.3 Å². The van der Waals surface area contributed by atoms with E-state index in [1.54, 1.807) is 25.1 Å². The fourth-order valence-corrected chi connectivity index (χ4v) is 1.49. The van der Waals surface area contributed by atoms with Crippen molar-refractivity contribution in [2.45, 2.75) is 13.8 Å². The molecule has 0 atom stereocenters. The van der Waals surface area contributed by atoms with Gasteiger partial charge in [-0.2, -0.15) is 0 Å². The zero-order valence-electron chi connectivity index (χ0n) is 8.10. The fraction of sp³-hybridized carbons (Fsp3) is 0.167. The smallest absolute Gasteiger partial charge is 0.131 e. The molecule has 0 N–H and O–H groups in total. The van der Waals surface area contributed by atoms with Crippen LogP contribution in [0.15, 0.2) is 28.7 Å². The second-order valence-corrected chi connectivity index (χ2v) is 3.19. The van der Waals surface area contributed by atoms with E-state index in [0.29, 0.717) is 22.6 Å². The van der Waals surface area contributed by atoms with E-state index in [9.17, 15) is 4.39 Å². The van der Waals surface area contributed by atoms with Crippen molar-refractivity contribution in [1.29, 1.82) is 0 Å². The van der Waals surface area contributed by atoms with E-state index in [4.69, 9.17) is 4.42 Å². The summed E-state index contributed by atoms with van der Waals surface area (Å²) in [6.45, 7) is 3.61. The first kappa shape index (κ1) is 9.00. The quantitative estimate of drug-likeness (QED) is 0.669. The SMILES string of the molecule is Cc1[c]c(-c2ccccc2F)c(C)o1. The Hall–Kier alpha value is -1.57. The lowest BCUT2D eigenvalue weighted by atomic mass is 10.1. The van der Waals surface area contributed by atoms with Gasteiger partial charge in [0.25, 0.3) is 0 Å². The standard InChI is InChI=1S/C12H10FO/c1-8-7-11(9(2)14-8)10-5-3-4-6-12(10)13/h3-6H,1-2H3. The molecule has 0 saturated heterocycles. The van der Waals surface area contributed by atoms with Crippen molar-refractivity contribution in [2.75, 3.05) is 0 Å². The van der Waals surface area contributed by atoms with E-state index >= 15 is 0 Å². The molecule has 0 fully saturated rings. The molecule has 0 amide bonds. The number of benzene rings is 1. The molecular weight excluding hydrogens is 179 g/mol. The molecule has 0 aliphatic heterocycles. The Balaban J connectivity index is 2.60. The Kier molecular flexibility index (Phi) is 2.12. The number of hydrogen-bond donors (Lipinski definition) is 0. The highest BCUT2D eigenvalue weighted by Gasteiger charge is 2.10. The van der Waals surface area contributed by atoms with Crippen LogP contribution >= 0.6 is 0 Å². The summed E-state index contributed by atoms with van der Waals surface area (Å²) in [4.78, 5) is 0. The highest BCUT2D eigenvalue weighted by molar-refractivity contribution is 5.65. The van der Waals surface area contributed by atoms with E-state index in [2.05, 4.69) is 6.07 Å². The van der Waals surface area contributed by atoms with Gasteiger partial charge in [-0.15, -0.1) is 0 Å². The molecule has 0 spiro atoms. The van der Waals surface area contributed by atoms with Gasteiger partial charge in [-0.25, -0.2) is 4.39 Å². The van der Waals surface area contributed by atoms with Crippen molar-refractivity contribution in [1.82, 2.24) is 0 Å². The summed E-state index contributed by atoms with van der Waals surface area (Å²) in [5.41, 5.74) is 1.25. The molecule has 14 heavy (non-hydrogen) atoms. The van der Waals surface area contributed by atoms with Crippen molar-refractivity contribution in [3.63, 3.8) is 0 Å². The fourth-order valence-electron chi connectivity index (χ4n) is 1.49. The van der Waals surface area contributed by atoms with Crippen LogP contribution in [-0.2, 0) is 0 Å². The molecule has 1 heterocycles. The van der Waals surface area contributed by atoms with E-state index < -0.39 is 0 Å². The van der Waals surface area contributed by atoms with E-state index in [0.717, 1.165) is 0 Å². The molecule has 1 radical (unpaired) electrons. The summed E-state index contributed by atoms with van der Waals surface area (Å²) in [5, 5.41) is 0. The van der Waals surface area contributed by atoms with Crippen molar-refractivity contribution >= 4 is 0 Å². The number of aryl methyl sites for hydroxylation is 2. The number of halogens is 1. The van der Waals surface area contributed by atoms with Crippen LogP contribution in [0.5, 0.6) is 0 Å². The lowest BCUT2D eigenvalue weighted by Gasteiger charge is -1.99. The molecule has 0 bridgehead atoms. The highest BCUT2D eigenvalue weighted by Crippen LogP contribution is 2.27. The van der Waals surface area contributed by atoms with Crippen LogP contribution in [0, 0.1) is 25.7 Å². The first-order chi connectivity index (χ1) is 6.68. The van der Waals surface area contributed by atoms with Crippen molar-refractivity contribution in [3.8, 4) is 11.1 Å². The van der Waals surface area contributed by atoms with Gasteiger partial charge < -0.3 is 4.42 Å². The Morgan fingerprint density at radius 2 is 1.93 bits per heavy atom. The van der Waals surface area contributed by atoms with Gasteiger partial charge in [-0.05, 0) is 19.9 Å². The molecule has 2 rings (SSSR count). The maximum Gasteiger partial charge on any atom is 0.131 e. The summed E-state index contributed by atoms with van der Waals surface area (Å²) in [6, 6.07) is 9.62. The van der Waals surface area contributed by atoms with E-state index in [1.807, 2.05) is 6.92 Å². The summed E-state index contributed by atoms with van der Waals surface area (Å²) in [7, 11) is 0. The molecule has 0 unspecified atom stereocenters.